The normalized spacial score (nSPS) is 36.5. The van der Waals surface area contributed by atoms with Gasteiger partial charge < -0.3 is 10.0 Å². The molecule has 1 aliphatic carbocycles. The first kappa shape index (κ1) is 12.4. The number of benzene rings is 1. The maximum absolute atomic E-state index is 11.8. The van der Waals surface area contributed by atoms with Gasteiger partial charge in [-0.15, -0.1) is 0 Å². The number of hydrogen-bond acceptors (Lipinski definition) is 3. The number of rotatable bonds is 3. The Balaban J connectivity index is 1.34. The van der Waals surface area contributed by atoms with Gasteiger partial charge in [-0.1, -0.05) is 30.3 Å². The highest BCUT2D eigenvalue weighted by Crippen LogP contribution is 2.50. The number of fused-ring (bicyclic) bond motifs is 1. The first-order chi connectivity index (χ1) is 9.72. The van der Waals surface area contributed by atoms with Gasteiger partial charge in [-0.05, 0) is 17.4 Å². The molecule has 1 aromatic carbocycles. The van der Waals surface area contributed by atoms with Gasteiger partial charge in [0, 0.05) is 32.2 Å². The monoisotopic (exact) mass is 272 g/mol. The third kappa shape index (κ3) is 2.03. The molecule has 2 aliphatic heterocycles. The molecular weight excluding hydrogens is 252 g/mol. The van der Waals surface area contributed by atoms with E-state index < -0.39 is 6.10 Å². The lowest BCUT2D eigenvalue weighted by Crippen LogP contribution is -2.36. The molecular formula is C16H20N2O2. The summed E-state index contributed by atoms with van der Waals surface area (Å²) in [6, 6.07) is 11.0. The van der Waals surface area contributed by atoms with Crippen molar-refractivity contribution in [2.24, 2.45) is 11.8 Å². The van der Waals surface area contributed by atoms with Crippen LogP contribution in [-0.4, -0.2) is 52.6 Å². The predicted octanol–water partition coefficient (Wildman–Crippen LogP) is 0.710. The third-order valence-corrected chi connectivity index (χ3v) is 4.97. The Kier molecular flexibility index (Phi) is 2.82. The molecule has 3 unspecified atom stereocenters. The van der Waals surface area contributed by atoms with E-state index in [-0.39, 0.29) is 5.91 Å². The number of aliphatic hydroxyl groups is 1. The second-order valence-electron chi connectivity index (χ2n) is 6.40. The van der Waals surface area contributed by atoms with Crippen LogP contribution in [0.15, 0.2) is 30.3 Å². The Morgan fingerprint density at radius 2 is 1.80 bits per heavy atom. The minimum Gasteiger partial charge on any atom is -0.391 e. The fraction of sp³-hybridized carbons (Fsp3) is 0.562. The molecule has 3 aliphatic rings. The number of likely N-dealkylation sites (tertiary alicyclic amines) is 2. The van der Waals surface area contributed by atoms with Crippen LogP contribution < -0.4 is 0 Å². The van der Waals surface area contributed by atoms with Gasteiger partial charge in [0.1, 0.15) is 0 Å². The number of β-amino-alcohol motifs (C(OH)–C–C–N with tert-alkyl or cyclic N) is 1. The number of carbonyl (C=O) groups excluding carboxylic acids is 1. The largest absolute Gasteiger partial charge is 0.391 e. The minimum atomic E-state index is -0.441. The lowest BCUT2D eigenvalue weighted by atomic mass is 10.2. The van der Waals surface area contributed by atoms with Crippen LogP contribution in [-0.2, 0) is 11.3 Å². The molecule has 4 nitrogen and oxygen atoms in total. The van der Waals surface area contributed by atoms with E-state index in [4.69, 9.17) is 0 Å². The fourth-order valence-corrected chi connectivity index (χ4v) is 4.02. The summed E-state index contributed by atoms with van der Waals surface area (Å²) in [4.78, 5) is 16.2. The van der Waals surface area contributed by atoms with Crippen LogP contribution in [0, 0.1) is 11.8 Å². The van der Waals surface area contributed by atoms with Gasteiger partial charge in [0.15, 0.2) is 0 Å². The van der Waals surface area contributed by atoms with Gasteiger partial charge in [-0.3, -0.25) is 9.69 Å². The van der Waals surface area contributed by atoms with E-state index in [9.17, 15) is 9.90 Å². The number of nitrogens with zero attached hydrogens (tertiary/aromatic N) is 2. The highest BCUT2D eigenvalue weighted by molar-refractivity contribution is 5.80. The standard InChI is InChI=1S/C16H20N2O2/c19-12-6-15(20)18(8-12)16-13-9-17(10-14(13)16)7-11-4-2-1-3-5-11/h1-5,12-14,16,19H,6-10H2. The van der Waals surface area contributed by atoms with Crippen molar-refractivity contribution < 1.29 is 9.90 Å². The van der Waals surface area contributed by atoms with Gasteiger partial charge >= 0.3 is 0 Å². The zero-order valence-electron chi connectivity index (χ0n) is 11.5. The number of hydrogen-bond donors (Lipinski definition) is 1. The number of aliphatic hydroxyl groups excluding tert-OH is 1. The molecule has 0 spiro atoms. The molecule has 0 bridgehead atoms. The predicted molar refractivity (Wildman–Crippen MR) is 74.8 cm³/mol. The minimum absolute atomic E-state index is 0.145. The van der Waals surface area contributed by atoms with Crippen LogP contribution in [0.2, 0.25) is 0 Å². The molecule has 0 aromatic heterocycles. The summed E-state index contributed by atoms with van der Waals surface area (Å²) in [6.07, 6.45) is -0.117. The highest BCUT2D eigenvalue weighted by atomic mass is 16.3. The molecule has 20 heavy (non-hydrogen) atoms. The van der Waals surface area contributed by atoms with E-state index in [1.54, 1.807) is 0 Å². The highest BCUT2D eigenvalue weighted by Gasteiger charge is 2.60. The Hall–Kier alpha value is -1.39. The number of amides is 1. The summed E-state index contributed by atoms with van der Waals surface area (Å²) in [5, 5.41) is 9.58. The molecule has 1 aromatic rings. The van der Waals surface area contributed by atoms with Gasteiger partial charge in [0.05, 0.1) is 12.5 Å². The fourth-order valence-electron chi connectivity index (χ4n) is 4.02. The van der Waals surface area contributed by atoms with E-state index in [1.807, 2.05) is 11.0 Å². The third-order valence-electron chi connectivity index (χ3n) is 4.97. The summed E-state index contributed by atoms with van der Waals surface area (Å²) in [7, 11) is 0. The first-order valence-electron chi connectivity index (χ1n) is 7.46. The summed E-state index contributed by atoms with van der Waals surface area (Å²) in [5.74, 6) is 1.41. The summed E-state index contributed by atoms with van der Waals surface area (Å²) in [5.41, 5.74) is 1.36. The molecule has 106 valence electrons. The quantitative estimate of drug-likeness (QED) is 0.881. The van der Waals surface area contributed by atoms with E-state index in [0.717, 1.165) is 19.6 Å². The van der Waals surface area contributed by atoms with Crippen LogP contribution in [0.1, 0.15) is 12.0 Å². The molecule has 1 saturated carbocycles. The molecule has 2 heterocycles. The van der Waals surface area contributed by atoms with Crippen molar-refractivity contribution in [1.82, 2.24) is 9.80 Å². The van der Waals surface area contributed by atoms with Crippen molar-refractivity contribution in [2.45, 2.75) is 25.1 Å². The molecule has 1 amide bonds. The number of piperidine rings is 1. The van der Waals surface area contributed by atoms with Crippen LogP contribution in [0.4, 0.5) is 0 Å². The van der Waals surface area contributed by atoms with Crippen molar-refractivity contribution in [3.05, 3.63) is 35.9 Å². The maximum Gasteiger partial charge on any atom is 0.225 e. The first-order valence-corrected chi connectivity index (χ1v) is 7.46. The van der Waals surface area contributed by atoms with Crippen molar-refractivity contribution in [2.75, 3.05) is 19.6 Å². The second-order valence-corrected chi connectivity index (χ2v) is 6.40. The Morgan fingerprint density at radius 1 is 1.10 bits per heavy atom. The Bertz CT molecular complexity index is 506. The Morgan fingerprint density at radius 3 is 2.40 bits per heavy atom. The van der Waals surface area contributed by atoms with Crippen molar-refractivity contribution in [3.63, 3.8) is 0 Å². The average molecular weight is 272 g/mol. The number of carbonyl (C=O) groups is 1. The van der Waals surface area contributed by atoms with Crippen LogP contribution in [0.3, 0.4) is 0 Å². The molecule has 1 N–H and O–H groups in total. The van der Waals surface area contributed by atoms with Crippen molar-refractivity contribution >= 4 is 5.91 Å². The van der Waals surface area contributed by atoms with E-state index in [0.29, 0.717) is 30.8 Å². The van der Waals surface area contributed by atoms with E-state index in [1.165, 1.54) is 5.56 Å². The second kappa shape index (κ2) is 4.57. The summed E-state index contributed by atoms with van der Waals surface area (Å²) < 4.78 is 0. The summed E-state index contributed by atoms with van der Waals surface area (Å²) in [6.45, 7) is 3.74. The smallest absolute Gasteiger partial charge is 0.225 e. The zero-order chi connectivity index (χ0) is 13.7. The van der Waals surface area contributed by atoms with Gasteiger partial charge in [-0.2, -0.15) is 0 Å². The molecule has 2 saturated heterocycles. The van der Waals surface area contributed by atoms with Crippen molar-refractivity contribution in [3.8, 4) is 0 Å². The molecule has 4 heteroatoms. The lowest BCUT2D eigenvalue weighted by Gasteiger charge is -2.24. The average Bonchev–Trinajstić information content (AvgIpc) is 2.77. The summed E-state index contributed by atoms with van der Waals surface area (Å²) >= 11 is 0. The van der Waals surface area contributed by atoms with Crippen LogP contribution in [0.25, 0.3) is 0 Å². The van der Waals surface area contributed by atoms with Crippen LogP contribution >= 0.6 is 0 Å². The molecule has 4 rings (SSSR count). The topological polar surface area (TPSA) is 43.8 Å². The molecule has 3 atom stereocenters. The lowest BCUT2D eigenvalue weighted by molar-refractivity contribution is -0.128. The van der Waals surface area contributed by atoms with Crippen LogP contribution in [0.5, 0.6) is 0 Å². The molecule has 3 fully saturated rings. The van der Waals surface area contributed by atoms with Crippen molar-refractivity contribution in [1.29, 1.82) is 0 Å². The van der Waals surface area contributed by atoms with Gasteiger partial charge in [0.2, 0.25) is 5.91 Å². The Labute approximate surface area is 119 Å². The van der Waals surface area contributed by atoms with E-state index >= 15 is 0 Å². The SMILES string of the molecule is O=C1CC(O)CN1C1C2CN(Cc3ccccc3)CC21. The molecule has 0 radical (unpaired) electrons. The maximum atomic E-state index is 11.8. The van der Waals surface area contributed by atoms with Gasteiger partial charge in [-0.25, -0.2) is 0 Å². The zero-order valence-corrected chi connectivity index (χ0v) is 11.5. The van der Waals surface area contributed by atoms with E-state index in [2.05, 4.69) is 29.2 Å². The van der Waals surface area contributed by atoms with Gasteiger partial charge in [0.25, 0.3) is 0 Å².